The first-order valence-electron chi connectivity index (χ1n) is 8.66. The van der Waals surface area contributed by atoms with Crippen LogP contribution in [-0.2, 0) is 6.54 Å². The molecule has 0 unspecified atom stereocenters. The van der Waals surface area contributed by atoms with Crippen molar-refractivity contribution in [1.82, 2.24) is 14.8 Å². The lowest BCUT2D eigenvalue weighted by Crippen LogP contribution is -2.48. The number of furan rings is 1. The van der Waals surface area contributed by atoms with Crippen molar-refractivity contribution in [2.45, 2.75) is 20.4 Å². The largest absolute Gasteiger partial charge is 0.466 e. The Hall–Kier alpha value is -1.96. The summed E-state index contributed by atoms with van der Waals surface area (Å²) in [4.78, 5) is 21.7. The topological polar surface area (TPSA) is 49.6 Å². The number of carbonyl (C=O) groups excluding carboxylic acids is 1. The van der Waals surface area contributed by atoms with Crippen molar-refractivity contribution < 1.29 is 9.21 Å². The standard InChI is InChI=1S/C19H21N3O2S2/c1-13-9-17(14(2)24-13)19(23)22-6-4-21(5-7-22)10-16-12-26-18(20-16)15-3-8-25-11-15/h3,8-9,11-12H,4-7,10H2,1-2H3. The zero-order valence-corrected chi connectivity index (χ0v) is 16.5. The molecule has 1 aliphatic heterocycles. The van der Waals surface area contributed by atoms with E-state index < -0.39 is 0 Å². The van der Waals surface area contributed by atoms with Crippen LogP contribution >= 0.6 is 22.7 Å². The van der Waals surface area contributed by atoms with Crippen LogP contribution in [0.15, 0.2) is 32.7 Å². The quantitative estimate of drug-likeness (QED) is 0.678. The maximum atomic E-state index is 12.7. The number of thiophene rings is 1. The van der Waals surface area contributed by atoms with E-state index in [1.165, 1.54) is 5.56 Å². The molecule has 1 fully saturated rings. The number of piperazine rings is 1. The average Bonchev–Trinajstić information content (AvgIpc) is 3.36. The van der Waals surface area contributed by atoms with Gasteiger partial charge in [-0.2, -0.15) is 11.3 Å². The Balaban J connectivity index is 1.34. The van der Waals surface area contributed by atoms with Gasteiger partial charge in [0.05, 0.1) is 11.3 Å². The fourth-order valence-electron chi connectivity index (χ4n) is 3.25. The van der Waals surface area contributed by atoms with Crippen LogP contribution in [0.5, 0.6) is 0 Å². The molecule has 0 radical (unpaired) electrons. The maximum absolute atomic E-state index is 12.7. The molecule has 26 heavy (non-hydrogen) atoms. The number of carbonyl (C=O) groups is 1. The van der Waals surface area contributed by atoms with Gasteiger partial charge in [0, 0.05) is 49.0 Å². The molecule has 0 spiro atoms. The lowest BCUT2D eigenvalue weighted by atomic mass is 10.2. The maximum Gasteiger partial charge on any atom is 0.257 e. The van der Waals surface area contributed by atoms with Crippen molar-refractivity contribution >= 4 is 28.6 Å². The normalized spacial score (nSPS) is 15.5. The van der Waals surface area contributed by atoms with E-state index in [2.05, 4.69) is 27.1 Å². The van der Waals surface area contributed by atoms with Crippen molar-refractivity contribution in [3.63, 3.8) is 0 Å². The van der Waals surface area contributed by atoms with Gasteiger partial charge in [-0.05, 0) is 31.4 Å². The summed E-state index contributed by atoms with van der Waals surface area (Å²) in [5, 5.41) is 7.44. The van der Waals surface area contributed by atoms with E-state index in [1.807, 2.05) is 24.8 Å². The van der Waals surface area contributed by atoms with Gasteiger partial charge < -0.3 is 9.32 Å². The van der Waals surface area contributed by atoms with Crippen LogP contribution in [0.4, 0.5) is 0 Å². The van der Waals surface area contributed by atoms with E-state index in [0.29, 0.717) is 11.3 Å². The summed E-state index contributed by atoms with van der Waals surface area (Å²) in [6.45, 7) is 7.78. The molecule has 0 atom stereocenters. The van der Waals surface area contributed by atoms with Gasteiger partial charge in [-0.1, -0.05) is 0 Å². The van der Waals surface area contributed by atoms with Crippen LogP contribution in [0.1, 0.15) is 27.6 Å². The summed E-state index contributed by atoms with van der Waals surface area (Å²) in [6, 6.07) is 3.95. The van der Waals surface area contributed by atoms with Crippen molar-refractivity contribution in [3.8, 4) is 10.6 Å². The number of aryl methyl sites for hydroxylation is 2. The minimum atomic E-state index is 0.0763. The van der Waals surface area contributed by atoms with E-state index in [0.717, 1.165) is 49.2 Å². The fourth-order valence-corrected chi connectivity index (χ4v) is 4.77. The minimum absolute atomic E-state index is 0.0763. The number of rotatable bonds is 4. The lowest BCUT2D eigenvalue weighted by Gasteiger charge is -2.34. The Kier molecular flexibility index (Phi) is 4.93. The third-order valence-corrected chi connectivity index (χ3v) is 6.26. The number of hydrogen-bond donors (Lipinski definition) is 0. The smallest absolute Gasteiger partial charge is 0.257 e. The Morgan fingerprint density at radius 3 is 2.69 bits per heavy atom. The first kappa shape index (κ1) is 17.5. The zero-order valence-electron chi connectivity index (χ0n) is 14.9. The van der Waals surface area contributed by atoms with Crippen LogP contribution < -0.4 is 0 Å². The van der Waals surface area contributed by atoms with E-state index in [1.54, 1.807) is 22.7 Å². The summed E-state index contributed by atoms with van der Waals surface area (Å²) in [5.41, 5.74) is 3.00. The van der Waals surface area contributed by atoms with E-state index in [-0.39, 0.29) is 5.91 Å². The van der Waals surface area contributed by atoms with Crippen LogP contribution in [-0.4, -0.2) is 46.9 Å². The van der Waals surface area contributed by atoms with Gasteiger partial charge in [-0.25, -0.2) is 4.98 Å². The number of thiazole rings is 1. The van der Waals surface area contributed by atoms with Gasteiger partial charge >= 0.3 is 0 Å². The molecule has 3 aromatic heterocycles. The third kappa shape index (κ3) is 3.60. The van der Waals surface area contributed by atoms with Gasteiger partial charge in [0.1, 0.15) is 16.5 Å². The first-order valence-corrected chi connectivity index (χ1v) is 10.5. The Morgan fingerprint density at radius 1 is 1.23 bits per heavy atom. The van der Waals surface area contributed by atoms with Gasteiger partial charge in [0.2, 0.25) is 0 Å². The summed E-state index contributed by atoms with van der Waals surface area (Å²) >= 11 is 3.39. The molecule has 1 saturated heterocycles. The lowest BCUT2D eigenvalue weighted by molar-refractivity contribution is 0.0625. The average molecular weight is 388 g/mol. The molecule has 1 aliphatic rings. The van der Waals surface area contributed by atoms with Gasteiger partial charge in [0.15, 0.2) is 0 Å². The molecule has 5 nitrogen and oxygen atoms in total. The zero-order chi connectivity index (χ0) is 18.1. The van der Waals surface area contributed by atoms with E-state index in [4.69, 9.17) is 9.40 Å². The molecule has 4 heterocycles. The molecule has 0 bridgehead atoms. The molecule has 0 N–H and O–H groups in total. The van der Waals surface area contributed by atoms with Gasteiger partial charge in [-0.3, -0.25) is 9.69 Å². The molecular weight excluding hydrogens is 366 g/mol. The summed E-state index contributed by atoms with van der Waals surface area (Å²) < 4.78 is 5.50. The van der Waals surface area contributed by atoms with Crippen molar-refractivity contribution in [2.75, 3.05) is 26.2 Å². The molecule has 0 aliphatic carbocycles. The summed E-state index contributed by atoms with van der Waals surface area (Å²) in [5.74, 6) is 1.57. The number of nitrogens with zero attached hydrogens (tertiary/aromatic N) is 3. The highest BCUT2D eigenvalue weighted by Crippen LogP contribution is 2.26. The second-order valence-corrected chi connectivity index (χ2v) is 8.19. The van der Waals surface area contributed by atoms with Gasteiger partial charge in [-0.15, -0.1) is 11.3 Å². The highest BCUT2D eigenvalue weighted by atomic mass is 32.1. The highest BCUT2D eigenvalue weighted by Gasteiger charge is 2.25. The predicted molar refractivity (Wildman–Crippen MR) is 105 cm³/mol. The Morgan fingerprint density at radius 2 is 2.04 bits per heavy atom. The molecule has 0 aromatic carbocycles. The van der Waals surface area contributed by atoms with Crippen molar-refractivity contribution in [2.24, 2.45) is 0 Å². The first-order chi connectivity index (χ1) is 12.6. The fraction of sp³-hybridized carbons (Fsp3) is 0.368. The molecule has 4 rings (SSSR count). The number of aromatic nitrogens is 1. The van der Waals surface area contributed by atoms with E-state index in [9.17, 15) is 4.79 Å². The third-order valence-electron chi connectivity index (χ3n) is 4.64. The molecule has 1 amide bonds. The van der Waals surface area contributed by atoms with E-state index >= 15 is 0 Å². The molecule has 3 aromatic rings. The number of hydrogen-bond acceptors (Lipinski definition) is 6. The molecule has 0 saturated carbocycles. The summed E-state index contributed by atoms with van der Waals surface area (Å²) in [7, 11) is 0. The predicted octanol–water partition coefficient (Wildman–Crippen LogP) is 4.04. The van der Waals surface area contributed by atoms with Crippen LogP contribution in [0.3, 0.4) is 0 Å². The summed E-state index contributed by atoms with van der Waals surface area (Å²) in [6.07, 6.45) is 0. The number of amides is 1. The second-order valence-electron chi connectivity index (χ2n) is 6.55. The molecule has 7 heteroatoms. The minimum Gasteiger partial charge on any atom is -0.466 e. The molecule has 136 valence electrons. The Bertz CT molecular complexity index is 890. The van der Waals surface area contributed by atoms with Gasteiger partial charge in [0.25, 0.3) is 5.91 Å². The molecular formula is C19H21N3O2S2. The van der Waals surface area contributed by atoms with Crippen molar-refractivity contribution in [1.29, 1.82) is 0 Å². The van der Waals surface area contributed by atoms with Crippen LogP contribution in [0.2, 0.25) is 0 Å². The Labute approximate surface area is 160 Å². The van der Waals surface area contributed by atoms with Crippen LogP contribution in [0.25, 0.3) is 10.6 Å². The highest BCUT2D eigenvalue weighted by molar-refractivity contribution is 7.14. The van der Waals surface area contributed by atoms with Crippen LogP contribution in [0, 0.1) is 13.8 Å². The SMILES string of the molecule is Cc1cc(C(=O)N2CCN(Cc3csc(-c4ccsc4)n3)CC2)c(C)o1. The van der Waals surface area contributed by atoms with Crippen molar-refractivity contribution in [3.05, 3.63) is 51.1 Å². The monoisotopic (exact) mass is 387 g/mol. The second kappa shape index (κ2) is 7.34.